The van der Waals surface area contributed by atoms with Crippen molar-refractivity contribution in [1.29, 1.82) is 0 Å². The van der Waals surface area contributed by atoms with Gasteiger partial charge >= 0.3 is 6.03 Å². The van der Waals surface area contributed by atoms with Crippen LogP contribution in [0.1, 0.15) is 22.3 Å². The third kappa shape index (κ3) is 4.86. The highest BCUT2D eigenvalue weighted by molar-refractivity contribution is 6.31. The Balaban J connectivity index is 1.45. The predicted octanol–water partition coefficient (Wildman–Crippen LogP) is 5.56. The van der Waals surface area contributed by atoms with Gasteiger partial charge < -0.3 is 10.2 Å². The molecule has 1 heterocycles. The molecule has 0 saturated carbocycles. The molecule has 7 heteroatoms. The summed E-state index contributed by atoms with van der Waals surface area (Å²) in [6.07, 6.45) is 0.775. The monoisotopic (exact) mass is 437 g/mol. The predicted molar refractivity (Wildman–Crippen MR) is 120 cm³/mol. The van der Waals surface area contributed by atoms with Crippen LogP contribution < -0.4 is 10.2 Å². The smallest absolute Gasteiger partial charge is 0.322 e. The van der Waals surface area contributed by atoms with Crippen molar-refractivity contribution in [2.24, 2.45) is 0 Å². The van der Waals surface area contributed by atoms with Gasteiger partial charge in [-0.2, -0.15) is 0 Å². The number of benzene rings is 3. The summed E-state index contributed by atoms with van der Waals surface area (Å²) in [5, 5.41) is 3.34. The summed E-state index contributed by atoms with van der Waals surface area (Å²) in [5.74, 6) is -0.581. The molecule has 1 fully saturated rings. The Kier molecular flexibility index (Phi) is 6.18. The number of amides is 3. The van der Waals surface area contributed by atoms with E-state index >= 15 is 0 Å². The molecule has 3 aromatic carbocycles. The second kappa shape index (κ2) is 9.18. The molecule has 1 saturated heterocycles. The largest absolute Gasteiger partial charge is 0.324 e. The van der Waals surface area contributed by atoms with Gasteiger partial charge in [0, 0.05) is 40.6 Å². The van der Waals surface area contributed by atoms with Gasteiger partial charge in [0.2, 0.25) is 0 Å². The van der Waals surface area contributed by atoms with Gasteiger partial charge in [0.15, 0.2) is 0 Å². The van der Waals surface area contributed by atoms with Crippen LogP contribution in [0.15, 0.2) is 72.8 Å². The fourth-order valence-electron chi connectivity index (χ4n) is 3.56. The highest BCUT2D eigenvalue weighted by Gasteiger charge is 2.27. The zero-order valence-electron chi connectivity index (χ0n) is 16.7. The number of rotatable bonds is 5. The average molecular weight is 438 g/mol. The molecule has 0 spiro atoms. The number of nitrogens with one attached hydrogen (secondary N) is 1. The maximum atomic E-state index is 14.0. The van der Waals surface area contributed by atoms with Crippen LogP contribution >= 0.6 is 11.6 Å². The van der Waals surface area contributed by atoms with Crippen LogP contribution in [0, 0.1) is 5.82 Å². The van der Waals surface area contributed by atoms with Crippen molar-refractivity contribution in [2.45, 2.75) is 13.0 Å². The maximum absolute atomic E-state index is 14.0. The first kappa shape index (κ1) is 20.9. The van der Waals surface area contributed by atoms with Gasteiger partial charge in [-0.15, -0.1) is 0 Å². The summed E-state index contributed by atoms with van der Waals surface area (Å²) in [6, 6.07) is 20.1. The van der Waals surface area contributed by atoms with Gasteiger partial charge in [0.05, 0.1) is 6.54 Å². The number of halogens is 2. The van der Waals surface area contributed by atoms with Crippen molar-refractivity contribution >= 4 is 34.9 Å². The summed E-state index contributed by atoms with van der Waals surface area (Å²) >= 11 is 5.95. The Morgan fingerprint density at radius 3 is 2.52 bits per heavy atom. The van der Waals surface area contributed by atoms with Crippen molar-refractivity contribution in [1.82, 2.24) is 4.90 Å². The molecule has 0 atom stereocenters. The van der Waals surface area contributed by atoms with E-state index in [1.54, 1.807) is 76.5 Å². The second-order valence-electron chi connectivity index (χ2n) is 7.31. The van der Waals surface area contributed by atoms with Crippen LogP contribution in [0.5, 0.6) is 0 Å². The van der Waals surface area contributed by atoms with E-state index in [1.165, 1.54) is 6.07 Å². The van der Waals surface area contributed by atoms with E-state index in [-0.39, 0.29) is 24.3 Å². The van der Waals surface area contributed by atoms with E-state index < -0.39 is 0 Å². The van der Waals surface area contributed by atoms with E-state index in [4.69, 9.17) is 11.6 Å². The summed E-state index contributed by atoms with van der Waals surface area (Å²) in [6.45, 7) is 1.37. The number of nitrogens with zero attached hydrogens (tertiary/aromatic N) is 2. The molecule has 3 amide bonds. The Hall–Kier alpha value is -3.38. The number of anilines is 2. The molecule has 1 aliphatic heterocycles. The van der Waals surface area contributed by atoms with Gasteiger partial charge in [-0.3, -0.25) is 9.69 Å². The Labute approximate surface area is 185 Å². The van der Waals surface area contributed by atoms with Crippen LogP contribution in [0.2, 0.25) is 5.02 Å². The zero-order valence-corrected chi connectivity index (χ0v) is 17.5. The van der Waals surface area contributed by atoms with Crippen LogP contribution in [0.4, 0.5) is 20.6 Å². The van der Waals surface area contributed by atoms with Crippen molar-refractivity contribution in [3.63, 3.8) is 0 Å². The third-order valence-corrected chi connectivity index (χ3v) is 5.39. The summed E-state index contributed by atoms with van der Waals surface area (Å²) in [5.41, 5.74) is 2.27. The lowest BCUT2D eigenvalue weighted by molar-refractivity contribution is 0.102. The molecule has 1 aliphatic rings. The average Bonchev–Trinajstić information content (AvgIpc) is 2.77. The van der Waals surface area contributed by atoms with Gasteiger partial charge in [-0.25, -0.2) is 9.18 Å². The van der Waals surface area contributed by atoms with Gasteiger partial charge in [-0.1, -0.05) is 35.9 Å². The number of hydrogen-bond donors (Lipinski definition) is 1. The van der Waals surface area contributed by atoms with Gasteiger partial charge in [0.1, 0.15) is 5.82 Å². The van der Waals surface area contributed by atoms with Crippen LogP contribution in [-0.2, 0) is 6.54 Å². The molecule has 0 aliphatic carbocycles. The normalized spacial score (nSPS) is 13.9. The molecule has 158 valence electrons. The van der Waals surface area contributed by atoms with Crippen LogP contribution in [0.3, 0.4) is 0 Å². The molecule has 1 N–H and O–H groups in total. The highest BCUT2D eigenvalue weighted by Crippen LogP contribution is 2.23. The van der Waals surface area contributed by atoms with Gasteiger partial charge in [0.25, 0.3) is 5.91 Å². The van der Waals surface area contributed by atoms with E-state index in [9.17, 15) is 14.0 Å². The molecule has 4 rings (SSSR count). The highest BCUT2D eigenvalue weighted by atomic mass is 35.5. The van der Waals surface area contributed by atoms with Crippen molar-refractivity contribution in [3.8, 4) is 0 Å². The Bertz CT molecular complexity index is 1100. The molecule has 0 aromatic heterocycles. The number of urea groups is 1. The molecule has 31 heavy (non-hydrogen) atoms. The molecular formula is C24H21ClFN3O2. The van der Waals surface area contributed by atoms with E-state index in [0.717, 1.165) is 6.42 Å². The molecule has 0 radical (unpaired) electrons. The number of carbonyl (C=O) groups is 2. The lowest BCUT2D eigenvalue weighted by Gasteiger charge is -2.35. The molecule has 0 unspecified atom stereocenters. The summed E-state index contributed by atoms with van der Waals surface area (Å²) in [7, 11) is 0. The number of hydrogen-bond acceptors (Lipinski definition) is 2. The molecular weight excluding hydrogens is 417 g/mol. The van der Waals surface area contributed by atoms with Gasteiger partial charge in [-0.05, 0) is 55.0 Å². The van der Waals surface area contributed by atoms with Crippen molar-refractivity contribution in [3.05, 3.63) is 94.8 Å². The van der Waals surface area contributed by atoms with Crippen molar-refractivity contribution < 1.29 is 14.0 Å². The van der Waals surface area contributed by atoms with Crippen LogP contribution in [-0.4, -0.2) is 29.9 Å². The van der Waals surface area contributed by atoms with E-state index in [1.807, 2.05) is 0 Å². The van der Waals surface area contributed by atoms with E-state index in [0.29, 0.717) is 40.6 Å². The molecule has 0 bridgehead atoms. The van der Waals surface area contributed by atoms with Crippen LogP contribution in [0.25, 0.3) is 0 Å². The minimum atomic E-state index is -0.317. The Morgan fingerprint density at radius 1 is 1.00 bits per heavy atom. The SMILES string of the molecule is O=C(Nc1cccc(Cl)c1)c1ccc(N2CCCN(Cc3ccccc3F)C2=O)cc1. The lowest BCUT2D eigenvalue weighted by Crippen LogP contribution is -2.49. The fraction of sp³-hybridized carbons (Fsp3) is 0.167. The quantitative estimate of drug-likeness (QED) is 0.567. The van der Waals surface area contributed by atoms with E-state index in [2.05, 4.69) is 5.32 Å². The number of carbonyl (C=O) groups excluding carboxylic acids is 2. The first-order chi connectivity index (χ1) is 15.0. The fourth-order valence-corrected chi connectivity index (χ4v) is 3.75. The minimum absolute atomic E-state index is 0.175. The molecule has 3 aromatic rings. The molecule has 5 nitrogen and oxygen atoms in total. The lowest BCUT2D eigenvalue weighted by atomic mass is 10.1. The third-order valence-electron chi connectivity index (χ3n) is 5.15. The maximum Gasteiger partial charge on any atom is 0.324 e. The standard InChI is InChI=1S/C24H21ClFN3O2/c25-19-6-3-7-20(15-19)27-23(30)17-9-11-21(12-10-17)29-14-4-13-28(24(29)31)16-18-5-1-2-8-22(18)26/h1-3,5-12,15H,4,13-14,16H2,(H,27,30). The Morgan fingerprint density at radius 2 is 1.77 bits per heavy atom. The minimum Gasteiger partial charge on any atom is -0.322 e. The first-order valence-corrected chi connectivity index (χ1v) is 10.4. The first-order valence-electron chi connectivity index (χ1n) is 9.98. The topological polar surface area (TPSA) is 52.7 Å². The summed E-state index contributed by atoms with van der Waals surface area (Å²) < 4.78 is 14.0. The summed E-state index contributed by atoms with van der Waals surface area (Å²) in [4.78, 5) is 28.8. The zero-order chi connectivity index (χ0) is 21.8. The second-order valence-corrected chi connectivity index (χ2v) is 7.75. The van der Waals surface area contributed by atoms with Crippen molar-refractivity contribution in [2.75, 3.05) is 23.3 Å².